The van der Waals surface area contributed by atoms with E-state index in [2.05, 4.69) is 139 Å². The number of carbonyl (C=O) groups is 1. The van der Waals surface area contributed by atoms with Crippen LogP contribution < -0.4 is 21.9 Å². The third-order valence-corrected chi connectivity index (χ3v) is 13.5. The van der Waals surface area contributed by atoms with Crippen LogP contribution >= 0.6 is 0 Å². The second kappa shape index (κ2) is 18.4. The van der Waals surface area contributed by atoms with E-state index < -0.39 is 25.7 Å². The number of rotatable bonds is 13. The molecule has 0 amide bonds. The number of benzene rings is 4. The van der Waals surface area contributed by atoms with Crippen LogP contribution in [0.2, 0.25) is 8.94 Å². The van der Waals surface area contributed by atoms with Gasteiger partial charge in [-0.2, -0.15) is 21.9 Å². The molecule has 0 aromatic heterocycles. The normalized spacial score (nSPS) is 11.2. The van der Waals surface area contributed by atoms with Crippen molar-refractivity contribution < 1.29 is 9.53 Å². The molecule has 0 aliphatic rings. The number of ether oxygens (including phenoxy) is 1. The maximum atomic E-state index is 11.2. The number of hydrogen-bond donors (Lipinski definition) is 0. The predicted octanol–water partition coefficient (Wildman–Crippen LogP) is 6.80. The summed E-state index contributed by atoms with van der Waals surface area (Å²) in [5.74, 6) is -0.165. The van der Waals surface area contributed by atoms with Gasteiger partial charge in [0, 0.05) is 0 Å². The Hall–Kier alpha value is -3.06. The van der Waals surface area contributed by atoms with Crippen molar-refractivity contribution >= 4 is 53.5 Å². The van der Waals surface area contributed by atoms with Crippen LogP contribution in [0.3, 0.4) is 0 Å². The molecule has 0 atom stereocenters. The van der Waals surface area contributed by atoms with Gasteiger partial charge in [0.2, 0.25) is 0 Å². The summed E-state index contributed by atoms with van der Waals surface area (Å²) in [4.78, 5) is 11.2. The molecule has 214 valence electrons. The molecule has 0 saturated carbocycles. The van der Waals surface area contributed by atoms with Crippen LogP contribution in [-0.4, -0.2) is 38.3 Å². The van der Waals surface area contributed by atoms with Crippen molar-refractivity contribution in [2.75, 3.05) is 6.61 Å². The first-order valence-electron chi connectivity index (χ1n) is 15.1. The van der Waals surface area contributed by atoms with Gasteiger partial charge in [0.25, 0.3) is 0 Å². The number of hydrogen-bond acceptors (Lipinski definition) is 2. The summed E-state index contributed by atoms with van der Waals surface area (Å²) >= 11 is -1.14. The molecular weight excluding hydrogens is 615 g/mol. The summed E-state index contributed by atoms with van der Waals surface area (Å²) in [7, 11) is 0. The summed E-state index contributed by atoms with van der Waals surface area (Å²) in [6, 6.07) is 43.5. The molecule has 0 saturated heterocycles. The zero-order valence-electron chi connectivity index (χ0n) is 25.0. The van der Waals surface area contributed by atoms with Crippen molar-refractivity contribution in [1.29, 1.82) is 0 Å². The van der Waals surface area contributed by atoms with Crippen molar-refractivity contribution in [3.8, 4) is 0 Å². The summed E-state index contributed by atoms with van der Waals surface area (Å²) < 4.78 is 9.82. The van der Waals surface area contributed by atoms with E-state index in [1.54, 1.807) is 6.08 Å². The van der Waals surface area contributed by atoms with Gasteiger partial charge in [0.15, 0.2) is 0 Å². The van der Waals surface area contributed by atoms with Gasteiger partial charge in [0.05, 0.1) is 0 Å². The van der Waals surface area contributed by atoms with Crippen LogP contribution in [0.5, 0.6) is 0 Å². The minimum absolute atomic E-state index is 0.165. The van der Waals surface area contributed by atoms with Gasteiger partial charge in [0.1, 0.15) is 6.15 Å². The molecule has 0 N–H and O–H groups in total. The van der Waals surface area contributed by atoms with Gasteiger partial charge < -0.3 is 0 Å². The third kappa shape index (κ3) is 9.49. The van der Waals surface area contributed by atoms with Gasteiger partial charge in [-0.1, -0.05) is 121 Å². The largest absolute Gasteiger partial charge is 0.195 e. The van der Waals surface area contributed by atoms with E-state index in [1.165, 1.54) is 56.5 Å². The van der Waals surface area contributed by atoms with E-state index in [0.29, 0.717) is 6.61 Å². The monoisotopic (exact) mass is 662 g/mol. The van der Waals surface area contributed by atoms with Gasteiger partial charge in [-0.3, -0.25) is 0 Å². The Labute approximate surface area is 255 Å². The Morgan fingerprint density at radius 1 is 0.610 bits per heavy atom. The molecule has 4 heteroatoms. The molecule has 0 fully saturated rings. The Balaban J connectivity index is 0.000000253. The van der Waals surface area contributed by atoms with Gasteiger partial charge in [-0.25, -0.2) is 0 Å². The minimum atomic E-state index is -1.22. The molecule has 0 aliphatic carbocycles. The van der Waals surface area contributed by atoms with E-state index in [9.17, 15) is 4.79 Å². The average molecular weight is 660 g/mol. The molecule has 0 spiro atoms. The van der Waals surface area contributed by atoms with Crippen LogP contribution in [0.4, 0.5) is 0 Å². The number of unbranched alkanes of at least 4 members (excludes halogenated alkanes) is 2. The van der Waals surface area contributed by atoms with Crippen LogP contribution in [0.25, 0.3) is 0 Å². The van der Waals surface area contributed by atoms with E-state index in [-0.39, 0.29) is 5.97 Å². The molecular formula is C37H45BO2Te. The van der Waals surface area contributed by atoms with E-state index in [4.69, 9.17) is 4.74 Å². The van der Waals surface area contributed by atoms with Crippen molar-refractivity contribution in [2.45, 2.75) is 55.4 Å². The summed E-state index contributed by atoms with van der Waals surface area (Å²) in [5, 5.41) is 0. The topological polar surface area (TPSA) is 26.3 Å². The van der Waals surface area contributed by atoms with Gasteiger partial charge in [-0.05, 0) is 0 Å². The first-order chi connectivity index (χ1) is 20.2. The molecule has 0 radical (unpaired) electrons. The molecule has 41 heavy (non-hydrogen) atoms. The molecule has 0 aliphatic heterocycles. The Kier molecular flexibility index (Phi) is 14.6. The third-order valence-electron chi connectivity index (χ3n) is 7.40. The van der Waals surface area contributed by atoms with Crippen LogP contribution in [0.1, 0.15) is 46.5 Å². The maximum absolute atomic E-state index is 11.2. The standard InChI is InChI=1S/C24H20B.C13H25O2Te/c1-5-13-21(14-6-1)25(22-15-7-2-8-16-22,23-17-9-3-10-18-23)24-19-11-4-12-20-24;1-4-7-10-16(11-8-5-2)12-9-13(14)15-6-3/h1-20H;9,12H,4-8,10-11H2,1-3H3/q-1;+1/b;12-9+. The fraction of sp³-hybridized carbons (Fsp3) is 0.270. The number of carbonyl (C=O) groups excluding carboxylic acids is 1. The number of esters is 1. The van der Waals surface area contributed by atoms with Crippen LogP contribution in [0, 0.1) is 0 Å². The second-order valence-corrected chi connectivity index (χ2v) is 16.4. The van der Waals surface area contributed by atoms with Crippen molar-refractivity contribution in [3.63, 3.8) is 0 Å². The zero-order valence-corrected chi connectivity index (χ0v) is 27.3. The molecule has 4 rings (SSSR count). The fourth-order valence-corrected chi connectivity index (χ4v) is 11.4. The van der Waals surface area contributed by atoms with E-state index >= 15 is 0 Å². The SMILES string of the molecule is CCCC[Te+](/C=C/C(=O)OCC)CCCC.c1ccc([B-](c2ccccc2)(c2ccccc2)c2ccccc2)cc1. The van der Waals surface area contributed by atoms with Crippen LogP contribution in [-0.2, 0) is 9.53 Å². The van der Waals surface area contributed by atoms with Crippen molar-refractivity contribution in [1.82, 2.24) is 0 Å². The molecule has 2 nitrogen and oxygen atoms in total. The molecule has 4 aromatic carbocycles. The van der Waals surface area contributed by atoms with Crippen molar-refractivity contribution in [2.24, 2.45) is 0 Å². The smallest absolute Gasteiger partial charge is 0.108 e. The molecule has 0 bridgehead atoms. The Morgan fingerprint density at radius 2 is 0.951 bits per heavy atom. The van der Waals surface area contributed by atoms with Gasteiger partial charge >= 0.3 is 107 Å². The second-order valence-electron chi connectivity index (χ2n) is 10.2. The van der Waals surface area contributed by atoms with E-state index in [1.807, 2.05) is 6.92 Å². The van der Waals surface area contributed by atoms with E-state index in [0.717, 1.165) is 0 Å². The van der Waals surface area contributed by atoms with Crippen LogP contribution in [0.15, 0.2) is 132 Å². The summed E-state index contributed by atoms with van der Waals surface area (Å²) in [6.07, 6.45) is 5.60. The minimum Gasteiger partial charge on any atom is -0.195 e. The predicted molar refractivity (Wildman–Crippen MR) is 181 cm³/mol. The Bertz CT molecular complexity index is 1110. The maximum Gasteiger partial charge on any atom is 0.108 e. The fourth-order valence-electron chi connectivity index (χ4n) is 5.36. The molecule has 0 heterocycles. The Morgan fingerprint density at radius 3 is 1.24 bits per heavy atom. The quantitative estimate of drug-likeness (QED) is 0.0897. The first kappa shape index (κ1) is 32.5. The molecule has 0 unspecified atom stereocenters. The van der Waals surface area contributed by atoms with Crippen molar-refractivity contribution in [3.05, 3.63) is 132 Å². The molecule has 4 aromatic rings. The summed E-state index contributed by atoms with van der Waals surface area (Å²) in [6.45, 7) is 6.77. The average Bonchev–Trinajstić information content (AvgIpc) is 3.04. The van der Waals surface area contributed by atoms with Gasteiger partial charge in [-0.15, -0.1) is 0 Å². The zero-order chi connectivity index (χ0) is 29.2. The first-order valence-corrected chi connectivity index (χ1v) is 19.7. The summed E-state index contributed by atoms with van der Waals surface area (Å²) in [5.41, 5.74) is 5.36.